The molecular weight excluding hydrogens is 890 g/mol. The fourth-order valence-electron chi connectivity index (χ4n) is 11.3. The number of carbonyl (C=O) groups excluding carboxylic acids is 4. The third-order valence-electron chi connectivity index (χ3n) is 14.7. The number of phosphoric acid groups is 1. The molecule has 14 atom stereocenters. The first-order valence-electron chi connectivity index (χ1n) is 22.3. The van der Waals surface area contributed by atoms with Crippen LogP contribution < -0.4 is 21.9 Å². The van der Waals surface area contributed by atoms with Crippen LogP contribution >= 0.6 is 7.82 Å². The number of aromatic amines is 1. The van der Waals surface area contributed by atoms with E-state index in [0.717, 1.165) is 48.9 Å². The number of alkyl carbamates (subject to hydrolysis) is 1. The summed E-state index contributed by atoms with van der Waals surface area (Å²) in [7, 11) is -5.41. The Hall–Kier alpha value is -4.36. The third-order valence-corrected chi connectivity index (χ3v) is 15.7. The molecule has 7 rings (SSSR count). The number of ketones is 2. The van der Waals surface area contributed by atoms with Gasteiger partial charge in [-0.3, -0.25) is 37.8 Å². The lowest BCUT2D eigenvalue weighted by Gasteiger charge is -2.62. The van der Waals surface area contributed by atoms with Crippen molar-refractivity contribution in [2.75, 3.05) is 32.9 Å². The number of Topliss-reactive ketones (excluding diaryl/α,β-unsaturated/α-hetero) is 1. The van der Waals surface area contributed by atoms with Gasteiger partial charge >= 0.3 is 19.6 Å². The molecule has 5 aliphatic carbocycles. The standard InChI is InChI=1S/C44H58FN4O16P/c1-25-19-30-29-12-11-26-20-27(50)13-15-41(26,2)43(29,45)32(51)21-42(30,3)44(25,58)33(52)23-63-66(59,60)65-37-31(64-38(36(37)55)49-18-14-34(53)48-39(49)56)22-62-40(57)47-17-16-46-35(54)24-61-28-9-7-5-4-6-8-10-28/h13-15,18,20,25,28-32,36-38,51,55,58H,4-7,9,11-12,16-17,19,21-24H2,1-3H3,(H,46,54)(H,47,57)(H,59,60)(H,48,53,56)/t25-,28?,29+,30+,31-,32+,36?,37+,38-,41+,42+,43+,44+/m1/s1. The van der Waals surface area contributed by atoms with Gasteiger partial charge in [-0.25, -0.2) is 18.5 Å². The van der Waals surface area contributed by atoms with Crippen molar-refractivity contribution in [3.05, 3.63) is 56.9 Å². The molecule has 7 N–H and O–H groups in total. The molecule has 0 bridgehead atoms. The summed E-state index contributed by atoms with van der Waals surface area (Å²) < 4.78 is 59.0. The highest BCUT2D eigenvalue weighted by Gasteiger charge is 2.75. The number of ether oxygens (including phenoxy) is 3. The molecule has 2 heterocycles. The molecule has 1 aliphatic heterocycles. The topological polar surface area (TPSA) is 291 Å². The highest BCUT2D eigenvalue weighted by molar-refractivity contribution is 7.47. The van der Waals surface area contributed by atoms with Gasteiger partial charge in [0.15, 0.2) is 23.5 Å². The summed E-state index contributed by atoms with van der Waals surface area (Å²) in [6, 6.07) is 0.949. The van der Waals surface area contributed by atoms with Crippen LogP contribution in [0.5, 0.6) is 0 Å². The molecule has 4 fully saturated rings. The molecule has 1 aromatic rings. The van der Waals surface area contributed by atoms with Crippen LogP contribution in [0.25, 0.3) is 0 Å². The van der Waals surface area contributed by atoms with Gasteiger partial charge in [0.2, 0.25) is 5.91 Å². The number of carbonyl (C=O) groups is 4. The molecule has 0 radical (unpaired) electrons. The van der Waals surface area contributed by atoms with Crippen LogP contribution in [0.4, 0.5) is 9.18 Å². The number of aromatic nitrogens is 2. The number of aliphatic hydroxyl groups is 3. The smallest absolute Gasteiger partial charge is 0.447 e. The number of halogens is 1. The van der Waals surface area contributed by atoms with Crippen molar-refractivity contribution < 1.29 is 71.6 Å². The molecule has 3 unspecified atom stereocenters. The van der Waals surface area contributed by atoms with E-state index in [4.69, 9.17) is 23.3 Å². The predicted octanol–water partition coefficient (Wildman–Crippen LogP) is 1.41. The van der Waals surface area contributed by atoms with Gasteiger partial charge in [-0.1, -0.05) is 37.8 Å². The first-order valence-corrected chi connectivity index (χ1v) is 23.8. The number of nitrogens with one attached hydrogen (secondary N) is 3. The fourth-order valence-corrected chi connectivity index (χ4v) is 12.2. The highest BCUT2D eigenvalue weighted by Crippen LogP contribution is 2.71. The van der Waals surface area contributed by atoms with Crippen LogP contribution in [0.15, 0.2) is 45.7 Å². The molecule has 0 aromatic carbocycles. The normalized spacial score (nSPS) is 37.9. The molecule has 6 aliphatic rings. The molecule has 1 saturated heterocycles. The van der Waals surface area contributed by atoms with Gasteiger partial charge < -0.3 is 45.1 Å². The number of rotatable bonds is 15. The van der Waals surface area contributed by atoms with Crippen molar-refractivity contribution >= 4 is 31.4 Å². The molecule has 20 nitrogen and oxygen atoms in total. The van der Waals surface area contributed by atoms with Gasteiger partial charge in [-0.05, 0) is 75.9 Å². The fraction of sp³-hybridized carbons (Fsp3) is 0.682. The maximum Gasteiger partial charge on any atom is 0.473 e. The summed E-state index contributed by atoms with van der Waals surface area (Å²) in [4.78, 5) is 88.7. The lowest BCUT2D eigenvalue weighted by molar-refractivity contribution is -0.219. The van der Waals surface area contributed by atoms with Crippen LogP contribution in [-0.2, 0) is 42.2 Å². The average Bonchev–Trinajstić information content (AvgIpc) is 3.65. The van der Waals surface area contributed by atoms with Crippen LogP contribution in [0.1, 0.15) is 84.8 Å². The minimum Gasteiger partial charge on any atom is -0.447 e. The Labute approximate surface area is 379 Å². The Kier molecular flexibility index (Phi) is 14.5. The second-order valence-electron chi connectivity index (χ2n) is 18.6. The summed E-state index contributed by atoms with van der Waals surface area (Å²) in [5.74, 6) is 1.97. The van der Waals surface area contributed by atoms with E-state index in [-0.39, 0.29) is 50.8 Å². The van der Waals surface area contributed by atoms with Gasteiger partial charge in [-0.2, -0.15) is 0 Å². The van der Waals surface area contributed by atoms with Crippen molar-refractivity contribution in [2.24, 2.45) is 28.6 Å². The number of phosphoric ester groups is 1. The van der Waals surface area contributed by atoms with E-state index >= 15 is 4.39 Å². The average molecular weight is 949 g/mol. The number of fused-ring (bicyclic) bond motifs is 5. The summed E-state index contributed by atoms with van der Waals surface area (Å²) >= 11 is 0. The zero-order chi connectivity index (χ0) is 47.8. The first-order chi connectivity index (χ1) is 31.1. The van der Waals surface area contributed by atoms with Gasteiger partial charge in [0.1, 0.15) is 49.8 Å². The molecule has 0 spiro atoms. The SMILES string of the molecule is C[C@@H]1C[C@H]2[C@@H]3CCC4=CC(=O)C=C[C@]4(C)[C@@]3(F)[C@@H](O)C[C@]2(C)[C@@]1(O)C(=O)COP(=O)(O)O[C@@H]1C(O)[C@H](n2ccc(=O)[nH]c2=O)O[C@@H]1COC(=O)NCCNC(=O)COC1C#CCCCCC1. The second-order valence-corrected chi connectivity index (χ2v) is 20.0. The van der Waals surface area contributed by atoms with E-state index in [2.05, 4.69) is 22.5 Å². The first kappa shape index (κ1) is 49.5. The van der Waals surface area contributed by atoms with E-state index in [1.807, 2.05) is 4.98 Å². The third kappa shape index (κ3) is 9.28. The number of nitrogens with zero attached hydrogens (tertiary/aromatic N) is 1. The molecule has 2 amide bonds. The Morgan fingerprint density at radius 1 is 1.08 bits per heavy atom. The lowest BCUT2D eigenvalue weighted by atomic mass is 9.44. The van der Waals surface area contributed by atoms with Crippen molar-refractivity contribution in [2.45, 2.75) is 127 Å². The maximum absolute atomic E-state index is 17.6. The van der Waals surface area contributed by atoms with Crippen LogP contribution in [0.3, 0.4) is 0 Å². The van der Waals surface area contributed by atoms with E-state index in [0.29, 0.717) is 12.0 Å². The predicted molar refractivity (Wildman–Crippen MR) is 228 cm³/mol. The van der Waals surface area contributed by atoms with Gasteiger partial charge in [0.25, 0.3) is 5.56 Å². The summed E-state index contributed by atoms with van der Waals surface area (Å²) in [5, 5.41) is 40.3. The monoisotopic (exact) mass is 948 g/mol. The molecule has 362 valence electrons. The minimum absolute atomic E-state index is 0.0108. The van der Waals surface area contributed by atoms with E-state index < -0.39 is 121 Å². The number of hydrogen-bond donors (Lipinski definition) is 7. The summed E-state index contributed by atoms with van der Waals surface area (Å²) in [6.07, 6.45) is -0.0792. The summed E-state index contributed by atoms with van der Waals surface area (Å²) in [6.45, 7) is 2.52. The Bertz CT molecular complexity index is 2360. The number of aliphatic hydroxyl groups excluding tert-OH is 2. The Morgan fingerprint density at radius 3 is 2.59 bits per heavy atom. The number of amides is 2. The second kappa shape index (κ2) is 19.3. The van der Waals surface area contributed by atoms with Gasteiger partial charge in [0.05, 0.1) is 6.10 Å². The minimum atomic E-state index is -5.41. The Balaban J connectivity index is 0.978. The van der Waals surface area contributed by atoms with Crippen molar-refractivity contribution in [1.82, 2.24) is 20.2 Å². The van der Waals surface area contributed by atoms with Crippen LogP contribution in [-0.4, -0.2) is 128 Å². The molecule has 22 heteroatoms. The lowest BCUT2D eigenvalue weighted by Crippen LogP contribution is -2.69. The molecule has 1 aromatic heterocycles. The molecular formula is C44H58FN4O16P. The largest absolute Gasteiger partial charge is 0.473 e. The zero-order valence-electron chi connectivity index (χ0n) is 36.9. The number of alkyl halides is 1. The summed E-state index contributed by atoms with van der Waals surface area (Å²) in [5.41, 5.74) is -8.52. The van der Waals surface area contributed by atoms with Gasteiger partial charge in [0, 0.05) is 48.5 Å². The number of H-pyrrole nitrogens is 1. The van der Waals surface area contributed by atoms with Crippen LogP contribution in [0, 0.1) is 40.4 Å². The number of allylic oxidation sites excluding steroid dienone is 4. The molecule has 3 saturated carbocycles. The van der Waals surface area contributed by atoms with Crippen LogP contribution in [0.2, 0.25) is 0 Å². The maximum atomic E-state index is 17.6. The zero-order valence-corrected chi connectivity index (χ0v) is 37.8. The van der Waals surface area contributed by atoms with E-state index in [1.54, 1.807) is 20.8 Å². The highest BCUT2D eigenvalue weighted by atomic mass is 31.2. The van der Waals surface area contributed by atoms with E-state index in [1.165, 1.54) is 18.2 Å². The molecule has 66 heavy (non-hydrogen) atoms. The van der Waals surface area contributed by atoms with Gasteiger partial charge in [-0.15, -0.1) is 5.92 Å². The van der Waals surface area contributed by atoms with E-state index in [9.17, 15) is 53.5 Å². The quantitative estimate of drug-likeness (QED) is 0.0743. The van der Waals surface area contributed by atoms with Crippen molar-refractivity contribution in [3.63, 3.8) is 0 Å². The van der Waals surface area contributed by atoms with Crippen molar-refractivity contribution in [1.29, 1.82) is 0 Å². The number of hydrogen-bond acceptors (Lipinski definition) is 15. The Morgan fingerprint density at radius 2 is 1.83 bits per heavy atom. The van der Waals surface area contributed by atoms with Crippen molar-refractivity contribution in [3.8, 4) is 11.8 Å².